The third kappa shape index (κ3) is 2.97. The van der Waals surface area contributed by atoms with Gasteiger partial charge in [0.15, 0.2) is 0 Å². The third-order valence-corrected chi connectivity index (χ3v) is 4.63. The Balaban J connectivity index is 1.93. The van der Waals surface area contributed by atoms with Crippen LogP contribution in [0, 0.1) is 13.8 Å². The number of imide groups is 1. The first-order valence-electron chi connectivity index (χ1n) is 7.27. The van der Waals surface area contributed by atoms with E-state index in [1.165, 1.54) is 0 Å². The number of aryl methyl sites for hydroxylation is 2. The van der Waals surface area contributed by atoms with Crippen molar-refractivity contribution in [3.8, 4) is 0 Å². The van der Waals surface area contributed by atoms with Crippen LogP contribution in [-0.2, 0) is 9.59 Å². The topological polar surface area (TPSA) is 49.4 Å². The van der Waals surface area contributed by atoms with Crippen molar-refractivity contribution in [3.63, 3.8) is 0 Å². The fraction of sp³-hybridized carbons (Fsp3) is 0.111. The van der Waals surface area contributed by atoms with Gasteiger partial charge in [-0.3, -0.25) is 9.59 Å². The van der Waals surface area contributed by atoms with Gasteiger partial charge < -0.3 is 5.32 Å². The maximum atomic E-state index is 12.7. The lowest BCUT2D eigenvalue weighted by Gasteiger charge is -2.15. The smallest absolute Gasteiger partial charge is 0.283 e. The Kier molecular flexibility index (Phi) is 4.47. The van der Waals surface area contributed by atoms with Crippen molar-refractivity contribution in [2.24, 2.45) is 0 Å². The number of hydrogen-bond acceptors (Lipinski definition) is 3. The molecule has 0 radical (unpaired) electrons. The Bertz CT molecular complexity index is 875. The lowest BCUT2D eigenvalue weighted by atomic mass is 10.1. The van der Waals surface area contributed by atoms with E-state index in [0.29, 0.717) is 5.69 Å². The first kappa shape index (κ1) is 16.7. The van der Waals surface area contributed by atoms with Crippen molar-refractivity contribution in [2.75, 3.05) is 10.2 Å². The van der Waals surface area contributed by atoms with Gasteiger partial charge in [-0.25, -0.2) is 4.90 Å². The number of rotatable bonds is 3. The SMILES string of the molecule is Cc1ccc(NC2=C(Cl)C(=O)N(c3ccc(Br)cc3)C2=O)c(C)c1. The van der Waals surface area contributed by atoms with E-state index in [0.717, 1.165) is 26.2 Å². The molecule has 0 aliphatic carbocycles. The predicted molar refractivity (Wildman–Crippen MR) is 99.1 cm³/mol. The zero-order valence-corrected chi connectivity index (χ0v) is 15.4. The number of nitrogens with zero attached hydrogens (tertiary/aromatic N) is 1. The van der Waals surface area contributed by atoms with Crippen LogP contribution >= 0.6 is 27.5 Å². The number of nitrogens with one attached hydrogen (secondary N) is 1. The zero-order valence-electron chi connectivity index (χ0n) is 13.1. The quantitative estimate of drug-likeness (QED) is 0.765. The van der Waals surface area contributed by atoms with Gasteiger partial charge in [0.1, 0.15) is 10.7 Å². The molecule has 1 heterocycles. The molecule has 1 aliphatic heterocycles. The van der Waals surface area contributed by atoms with Crippen molar-refractivity contribution in [3.05, 3.63) is 68.8 Å². The number of carbonyl (C=O) groups excluding carboxylic acids is 2. The van der Waals surface area contributed by atoms with Gasteiger partial charge in [-0.15, -0.1) is 0 Å². The third-order valence-electron chi connectivity index (χ3n) is 3.75. The van der Waals surface area contributed by atoms with Gasteiger partial charge in [0.2, 0.25) is 0 Å². The van der Waals surface area contributed by atoms with Gasteiger partial charge in [0.25, 0.3) is 11.8 Å². The molecule has 0 atom stereocenters. The highest BCUT2D eigenvalue weighted by Gasteiger charge is 2.39. The number of hydrogen-bond donors (Lipinski definition) is 1. The molecule has 3 rings (SSSR count). The molecule has 6 heteroatoms. The van der Waals surface area contributed by atoms with Crippen molar-refractivity contribution in [1.29, 1.82) is 0 Å². The number of carbonyl (C=O) groups is 2. The monoisotopic (exact) mass is 404 g/mol. The van der Waals surface area contributed by atoms with Gasteiger partial charge in [-0.1, -0.05) is 45.2 Å². The second-order valence-corrected chi connectivity index (χ2v) is 6.85. The molecule has 24 heavy (non-hydrogen) atoms. The van der Waals surface area contributed by atoms with Gasteiger partial charge in [0, 0.05) is 10.2 Å². The Morgan fingerprint density at radius 3 is 2.29 bits per heavy atom. The molecule has 4 nitrogen and oxygen atoms in total. The van der Waals surface area contributed by atoms with Gasteiger partial charge >= 0.3 is 0 Å². The number of halogens is 2. The Labute approximate surface area is 153 Å². The van der Waals surface area contributed by atoms with E-state index in [1.54, 1.807) is 24.3 Å². The molecule has 0 unspecified atom stereocenters. The number of anilines is 2. The summed E-state index contributed by atoms with van der Waals surface area (Å²) < 4.78 is 0.859. The molecule has 122 valence electrons. The van der Waals surface area contributed by atoms with Crippen molar-refractivity contribution in [1.82, 2.24) is 0 Å². The molecule has 2 aromatic carbocycles. The summed E-state index contributed by atoms with van der Waals surface area (Å²) in [5.74, 6) is -0.997. The summed E-state index contributed by atoms with van der Waals surface area (Å²) >= 11 is 9.46. The molecule has 0 saturated heterocycles. The van der Waals surface area contributed by atoms with E-state index in [4.69, 9.17) is 11.6 Å². The zero-order chi connectivity index (χ0) is 17.4. The molecule has 1 N–H and O–H groups in total. The van der Waals surface area contributed by atoms with Gasteiger partial charge in [-0.05, 0) is 49.7 Å². The Morgan fingerprint density at radius 2 is 1.67 bits per heavy atom. The van der Waals surface area contributed by atoms with Crippen LogP contribution in [0.3, 0.4) is 0 Å². The van der Waals surface area contributed by atoms with Crippen molar-refractivity contribution < 1.29 is 9.59 Å². The molecule has 1 aliphatic rings. The summed E-state index contributed by atoms with van der Waals surface area (Å²) in [5.41, 5.74) is 3.39. The van der Waals surface area contributed by atoms with Crippen LogP contribution in [0.4, 0.5) is 11.4 Å². The summed E-state index contributed by atoms with van der Waals surface area (Å²) in [5, 5.41) is 2.90. The van der Waals surface area contributed by atoms with E-state index in [1.807, 2.05) is 32.0 Å². The molecule has 2 aromatic rings. The highest BCUT2D eigenvalue weighted by molar-refractivity contribution is 9.10. The van der Waals surface area contributed by atoms with Crippen LogP contribution in [0.1, 0.15) is 11.1 Å². The van der Waals surface area contributed by atoms with Crippen LogP contribution in [0.5, 0.6) is 0 Å². The average Bonchev–Trinajstić information content (AvgIpc) is 2.74. The minimum absolute atomic E-state index is 0.0940. The standard InChI is InChI=1S/C18H14BrClN2O2/c1-10-3-8-14(11(2)9-10)21-16-15(20)17(23)22(18(16)24)13-6-4-12(19)5-7-13/h3-9,21H,1-2H3. The maximum Gasteiger partial charge on any atom is 0.283 e. The first-order valence-corrected chi connectivity index (χ1v) is 8.44. The van der Waals surface area contributed by atoms with E-state index < -0.39 is 11.8 Å². The lowest BCUT2D eigenvalue weighted by molar-refractivity contribution is -0.120. The summed E-state index contributed by atoms with van der Waals surface area (Å²) in [4.78, 5) is 26.2. The lowest BCUT2D eigenvalue weighted by Crippen LogP contribution is -2.32. The fourth-order valence-corrected chi connectivity index (χ4v) is 3.00. The van der Waals surface area contributed by atoms with Gasteiger partial charge in [0.05, 0.1) is 5.69 Å². The number of benzene rings is 2. The highest BCUT2D eigenvalue weighted by atomic mass is 79.9. The molecule has 0 saturated carbocycles. The first-order chi connectivity index (χ1) is 11.4. The van der Waals surface area contributed by atoms with E-state index in [2.05, 4.69) is 21.2 Å². The molecular weight excluding hydrogens is 392 g/mol. The molecule has 0 fully saturated rings. The minimum Gasteiger partial charge on any atom is -0.349 e. The molecular formula is C18H14BrClN2O2. The van der Waals surface area contributed by atoms with E-state index in [9.17, 15) is 9.59 Å². The van der Waals surface area contributed by atoms with Crippen LogP contribution < -0.4 is 10.2 Å². The van der Waals surface area contributed by atoms with Crippen LogP contribution in [-0.4, -0.2) is 11.8 Å². The molecule has 0 aromatic heterocycles. The normalized spacial score (nSPS) is 14.6. The summed E-state index contributed by atoms with van der Waals surface area (Å²) in [7, 11) is 0. The van der Waals surface area contributed by atoms with E-state index in [-0.39, 0.29) is 10.7 Å². The molecule has 0 spiro atoms. The largest absolute Gasteiger partial charge is 0.349 e. The average molecular weight is 406 g/mol. The molecule has 2 amide bonds. The van der Waals surface area contributed by atoms with Crippen molar-refractivity contribution in [2.45, 2.75) is 13.8 Å². The van der Waals surface area contributed by atoms with Crippen LogP contribution in [0.25, 0.3) is 0 Å². The Morgan fingerprint density at radius 1 is 1.00 bits per heavy atom. The highest BCUT2D eigenvalue weighted by Crippen LogP contribution is 2.31. The molecule has 0 bridgehead atoms. The van der Waals surface area contributed by atoms with Crippen LogP contribution in [0.15, 0.2) is 57.7 Å². The predicted octanol–water partition coefficient (Wildman–Crippen LogP) is 4.50. The summed E-state index contributed by atoms with van der Waals surface area (Å²) in [6.07, 6.45) is 0. The fourth-order valence-electron chi connectivity index (χ4n) is 2.52. The second kappa shape index (κ2) is 6.42. The summed E-state index contributed by atoms with van der Waals surface area (Å²) in [6.45, 7) is 3.92. The van der Waals surface area contributed by atoms with Crippen LogP contribution in [0.2, 0.25) is 0 Å². The Hall–Kier alpha value is -2.11. The number of amides is 2. The van der Waals surface area contributed by atoms with Crippen molar-refractivity contribution >= 4 is 50.7 Å². The summed E-state index contributed by atoms with van der Waals surface area (Å²) in [6, 6.07) is 12.7. The van der Waals surface area contributed by atoms with E-state index >= 15 is 0 Å². The van der Waals surface area contributed by atoms with Gasteiger partial charge in [-0.2, -0.15) is 0 Å². The maximum absolute atomic E-state index is 12.7. The second-order valence-electron chi connectivity index (χ2n) is 5.55. The minimum atomic E-state index is -0.531.